The Morgan fingerprint density at radius 2 is 2.04 bits per heavy atom. The van der Waals surface area contributed by atoms with Crippen molar-refractivity contribution in [2.24, 2.45) is 5.92 Å². The van der Waals surface area contributed by atoms with Crippen LogP contribution in [0, 0.1) is 5.92 Å². The molecule has 0 fully saturated rings. The van der Waals surface area contributed by atoms with Gasteiger partial charge in [0.15, 0.2) is 0 Å². The molecule has 2 atom stereocenters. The van der Waals surface area contributed by atoms with Crippen LogP contribution in [-0.2, 0) is 14.3 Å². The monoisotopic (exact) mass is 322 g/mol. The van der Waals surface area contributed by atoms with Crippen LogP contribution in [0.4, 0.5) is 0 Å². The van der Waals surface area contributed by atoms with Crippen LogP contribution in [0.3, 0.4) is 0 Å². The highest BCUT2D eigenvalue weighted by atomic mass is 16.5. The Balaban J connectivity index is 3.00. The molecule has 130 valence electrons. The molecule has 5 heteroatoms. The second-order valence-corrected chi connectivity index (χ2v) is 6.36. The molecule has 0 radical (unpaired) electrons. The molecule has 1 rings (SSSR count). The highest BCUT2D eigenvalue weighted by Gasteiger charge is 2.38. The van der Waals surface area contributed by atoms with E-state index in [2.05, 4.69) is 25.7 Å². The van der Waals surface area contributed by atoms with Gasteiger partial charge in [-0.2, -0.15) is 0 Å². The summed E-state index contributed by atoms with van der Waals surface area (Å²) in [5.41, 5.74) is 0.629. The van der Waals surface area contributed by atoms with E-state index < -0.39 is 6.04 Å². The van der Waals surface area contributed by atoms with Crippen LogP contribution in [0.25, 0.3) is 0 Å². The van der Waals surface area contributed by atoms with Crippen molar-refractivity contribution >= 4 is 11.8 Å². The van der Waals surface area contributed by atoms with Gasteiger partial charge in [-0.05, 0) is 18.8 Å². The SMILES string of the molecule is C=C1C=C(OC)[C@@H](CC(C)C)N1C(=O)[C@H](CCC)NC(=O)CC. The van der Waals surface area contributed by atoms with Crippen LogP contribution >= 0.6 is 0 Å². The van der Waals surface area contributed by atoms with Crippen molar-refractivity contribution in [3.05, 3.63) is 24.1 Å². The molecule has 1 aliphatic heterocycles. The summed E-state index contributed by atoms with van der Waals surface area (Å²) >= 11 is 0. The largest absolute Gasteiger partial charge is 0.499 e. The van der Waals surface area contributed by atoms with Gasteiger partial charge in [0.05, 0.1) is 13.2 Å². The molecular formula is C18H30N2O3. The van der Waals surface area contributed by atoms with E-state index in [4.69, 9.17) is 4.74 Å². The normalized spacial score (nSPS) is 18.9. The van der Waals surface area contributed by atoms with Gasteiger partial charge < -0.3 is 15.0 Å². The van der Waals surface area contributed by atoms with Gasteiger partial charge in [0.2, 0.25) is 11.8 Å². The van der Waals surface area contributed by atoms with Crippen molar-refractivity contribution in [3.63, 3.8) is 0 Å². The smallest absolute Gasteiger partial charge is 0.250 e. The van der Waals surface area contributed by atoms with Crippen molar-refractivity contribution in [2.45, 2.75) is 65.5 Å². The molecule has 0 saturated heterocycles. The first-order valence-corrected chi connectivity index (χ1v) is 8.42. The average Bonchev–Trinajstić information content (AvgIpc) is 2.80. The zero-order valence-electron chi connectivity index (χ0n) is 15.0. The maximum Gasteiger partial charge on any atom is 0.250 e. The molecular weight excluding hydrogens is 292 g/mol. The van der Waals surface area contributed by atoms with E-state index in [1.54, 1.807) is 18.9 Å². The number of carbonyl (C=O) groups is 2. The molecule has 0 aromatic rings. The van der Waals surface area contributed by atoms with Crippen molar-refractivity contribution in [1.82, 2.24) is 10.2 Å². The van der Waals surface area contributed by atoms with E-state index in [9.17, 15) is 9.59 Å². The van der Waals surface area contributed by atoms with E-state index in [0.29, 0.717) is 24.5 Å². The maximum absolute atomic E-state index is 13.0. The fourth-order valence-electron chi connectivity index (χ4n) is 2.83. The van der Waals surface area contributed by atoms with Gasteiger partial charge in [0.1, 0.15) is 11.8 Å². The number of methoxy groups -OCH3 is 1. The predicted molar refractivity (Wildman–Crippen MR) is 91.5 cm³/mol. The van der Waals surface area contributed by atoms with Gasteiger partial charge in [0, 0.05) is 18.2 Å². The highest BCUT2D eigenvalue weighted by Crippen LogP contribution is 2.31. The Morgan fingerprint density at radius 1 is 1.39 bits per heavy atom. The first-order valence-electron chi connectivity index (χ1n) is 8.42. The van der Waals surface area contributed by atoms with E-state index in [-0.39, 0.29) is 17.9 Å². The predicted octanol–water partition coefficient (Wildman–Crippen LogP) is 2.98. The number of nitrogens with zero attached hydrogens (tertiary/aromatic N) is 1. The van der Waals surface area contributed by atoms with Crippen molar-refractivity contribution in [2.75, 3.05) is 7.11 Å². The molecule has 1 N–H and O–H groups in total. The maximum atomic E-state index is 13.0. The molecule has 1 heterocycles. The zero-order chi connectivity index (χ0) is 17.6. The second kappa shape index (κ2) is 8.75. The number of hydrogen-bond acceptors (Lipinski definition) is 3. The van der Waals surface area contributed by atoms with Gasteiger partial charge in [-0.15, -0.1) is 0 Å². The third kappa shape index (κ3) is 4.85. The molecule has 23 heavy (non-hydrogen) atoms. The van der Waals surface area contributed by atoms with E-state index in [1.165, 1.54) is 0 Å². The number of carbonyl (C=O) groups excluding carboxylic acids is 2. The lowest BCUT2D eigenvalue weighted by Gasteiger charge is -2.31. The van der Waals surface area contributed by atoms with E-state index in [0.717, 1.165) is 18.6 Å². The molecule has 0 aromatic carbocycles. The summed E-state index contributed by atoms with van der Waals surface area (Å²) < 4.78 is 5.44. The van der Waals surface area contributed by atoms with Gasteiger partial charge >= 0.3 is 0 Å². The fraction of sp³-hybridized carbons (Fsp3) is 0.667. The third-order valence-corrected chi connectivity index (χ3v) is 3.96. The molecule has 0 unspecified atom stereocenters. The molecule has 1 aliphatic rings. The molecule has 0 spiro atoms. The van der Waals surface area contributed by atoms with Crippen LogP contribution in [0.2, 0.25) is 0 Å². The van der Waals surface area contributed by atoms with Crippen LogP contribution in [-0.4, -0.2) is 35.9 Å². The first-order chi connectivity index (χ1) is 10.8. The lowest BCUT2D eigenvalue weighted by Crippen LogP contribution is -2.50. The summed E-state index contributed by atoms with van der Waals surface area (Å²) in [4.78, 5) is 26.4. The molecule has 0 aromatic heterocycles. The van der Waals surface area contributed by atoms with Crippen molar-refractivity contribution in [1.29, 1.82) is 0 Å². The number of rotatable bonds is 8. The molecule has 0 saturated carbocycles. The zero-order valence-corrected chi connectivity index (χ0v) is 15.0. The Labute approximate surface area is 139 Å². The lowest BCUT2D eigenvalue weighted by molar-refractivity contribution is -0.136. The molecule has 0 aliphatic carbocycles. The van der Waals surface area contributed by atoms with E-state index >= 15 is 0 Å². The summed E-state index contributed by atoms with van der Waals surface area (Å²) in [5.74, 6) is 0.957. The standard InChI is InChI=1S/C18H30N2O3/c1-7-9-14(19-17(21)8-2)18(22)20-13(5)11-16(23-6)15(20)10-12(3)4/h11-12,14-15H,5,7-10H2,1-4,6H3,(H,19,21)/t14-,15+/m0/s1. The molecule has 5 nitrogen and oxygen atoms in total. The number of amides is 2. The van der Waals surface area contributed by atoms with Gasteiger partial charge in [0.25, 0.3) is 0 Å². The minimum Gasteiger partial charge on any atom is -0.499 e. The van der Waals surface area contributed by atoms with Gasteiger partial charge in [-0.1, -0.05) is 40.7 Å². The van der Waals surface area contributed by atoms with E-state index in [1.807, 2.05) is 13.0 Å². The minimum atomic E-state index is -0.511. The minimum absolute atomic E-state index is 0.104. The van der Waals surface area contributed by atoms with Crippen molar-refractivity contribution < 1.29 is 14.3 Å². The number of ether oxygens (including phenoxy) is 1. The van der Waals surface area contributed by atoms with Crippen LogP contribution in [0.15, 0.2) is 24.1 Å². The summed E-state index contributed by atoms with van der Waals surface area (Å²) in [6.07, 6.45) is 4.41. The summed E-state index contributed by atoms with van der Waals surface area (Å²) in [7, 11) is 1.61. The quantitative estimate of drug-likeness (QED) is 0.747. The summed E-state index contributed by atoms with van der Waals surface area (Å²) in [5, 5.41) is 2.84. The topological polar surface area (TPSA) is 58.6 Å². The average molecular weight is 322 g/mol. The first kappa shape index (κ1) is 19.3. The van der Waals surface area contributed by atoms with Crippen molar-refractivity contribution in [3.8, 4) is 0 Å². The Kier molecular flexibility index (Phi) is 7.33. The van der Waals surface area contributed by atoms with Crippen LogP contribution < -0.4 is 5.32 Å². The lowest BCUT2D eigenvalue weighted by atomic mass is 10.0. The second-order valence-electron chi connectivity index (χ2n) is 6.36. The Hall–Kier alpha value is -1.78. The summed E-state index contributed by atoms with van der Waals surface area (Å²) in [6, 6.07) is -0.652. The van der Waals surface area contributed by atoms with Crippen LogP contribution in [0.1, 0.15) is 53.4 Å². The van der Waals surface area contributed by atoms with Crippen LogP contribution in [0.5, 0.6) is 0 Å². The Morgan fingerprint density at radius 3 is 2.52 bits per heavy atom. The fourth-order valence-corrected chi connectivity index (χ4v) is 2.83. The Bertz CT molecular complexity index is 483. The summed E-state index contributed by atoms with van der Waals surface area (Å²) in [6.45, 7) is 12.0. The highest BCUT2D eigenvalue weighted by molar-refractivity contribution is 5.89. The number of nitrogens with one attached hydrogen (secondary N) is 1. The van der Waals surface area contributed by atoms with Gasteiger partial charge in [-0.25, -0.2) is 0 Å². The molecule has 0 bridgehead atoms. The third-order valence-electron chi connectivity index (χ3n) is 3.96. The van der Waals surface area contributed by atoms with Gasteiger partial charge in [-0.3, -0.25) is 9.59 Å². The number of allylic oxidation sites excluding steroid dienone is 1. The molecule has 2 amide bonds. The number of hydrogen-bond donors (Lipinski definition) is 1.